The zero-order valence-electron chi connectivity index (χ0n) is 13.2. The summed E-state index contributed by atoms with van der Waals surface area (Å²) in [5, 5.41) is 3.31. The molecule has 3 heteroatoms. The van der Waals surface area contributed by atoms with E-state index in [1.54, 1.807) is 0 Å². The first-order valence-corrected chi connectivity index (χ1v) is 8.12. The van der Waals surface area contributed by atoms with Gasteiger partial charge in [0, 0.05) is 13.2 Å². The Balaban J connectivity index is 2.24. The quantitative estimate of drug-likeness (QED) is 0.618. The van der Waals surface area contributed by atoms with Gasteiger partial charge in [0.1, 0.15) is 0 Å². The standard InChI is InChI=1S/C16H33NO2/c1-4-6-11-18-12-13-19-16(14-17-3)9-7-15(5-2)8-10-16/h15,17H,4-14H2,1-3H3. The third kappa shape index (κ3) is 6.24. The molecule has 3 nitrogen and oxygen atoms in total. The highest BCUT2D eigenvalue weighted by atomic mass is 16.5. The van der Waals surface area contributed by atoms with Gasteiger partial charge in [-0.25, -0.2) is 0 Å². The topological polar surface area (TPSA) is 30.5 Å². The van der Waals surface area contributed by atoms with Gasteiger partial charge in [0.15, 0.2) is 0 Å². The van der Waals surface area contributed by atoms with Crippen molar-refractivity contribution in [3.63, 3.8) is 0 Å². The van der Waals surface area contributed by atoms with Crippen molar-refractivity contribution in [2.75, 3.05) is 33.4 Å². The summed E-state index contributed by atoms with van der Waals surface area (Å²) in [6.45, 7) is 7.81. The van der Waals surface area contributed by atoms with Crippen LogP contribution in [0.5, 0.6) is 0 Å². The molecule has 1 rings (SSSR count). The number of nitrogens with one attached hydrogen (secondary N) is 1. The van der Waals surface area contributed by atoms with Gasteiger partial charge in [0.2, 0.25) is 0 Å². The summed E-state index contributed by atoms with van der Waals surface area (Å²) in [7, 11) is 2.02. The fourth-order valence-electron chi connectivity index (χ4n) is 2.97. The molecule has 114 valence electrons. The molecule has 1 N–H and O–H groups in total. The lowest BCUT2D eigenvalue weighted by molar-refractivity contribution is -0.0920. The van der Waals surface area contributed by atoms with Crippen molar-refractivity contribution in [1.82, 2.24) is 5.32 Å². The van der Waals surface area contributed by atoms with Gasteiger partial charge >= 0.3 is 0 Å². The molecule has 0 aromatic rings. The fourth-order valence-corrected chi connectivity index (χ4v) is 2.97. The largest absolute Gasteiger partial charge is 0.379 e. The Labute approximate surface area is 119 Å². The second-order valence-corrected chi connectivity index (χ2v) is 5.88. The summed E-state index contributed by atoms with van der Waals surface area (Å²) in [6, 6.07) is 0. The van der Waals surface area contributed by atoms with E-state index in [0.717, 1.165) is 38.7 Å². The lowest BCUT2D eigenvalue weighted by Crippen LogP contribution is -2.45. The van der Waals surface area contributed by atoms with E-state index in [4.69, 9.17) is 9.47 Å². The van der Waals surface area contributed by atoms with E-state index in [-0.39, 0.29) is 5.60 Å². The molecular weight excluding hydrogens is 238 g/mol. The van der Waals surface area contributed by atoms with Crippen molar-refractivity contribution in [2.24, 2.45) is 5.92 Å². The monoisotopic (exact) mass is 271 g/mol. The Morgan fingerprint density at radius 1 is 1.11 bits per heavy atom. The number of hydrogen-bond donors (Lipinski definition) is 1. The predicted octanol–water partition coefficient (Wildman–Crippen LogP) is 3.38. The van der Waals surface area contributed by atoms with Crippen LogP contribution >= 0.6 is 0 Å². The highest BCUT2D eigenvalue weighted by molar-refractivity contribution is 4.88. The maximum atomic E-state index is 6.20. The number of ether oxygens (including phenoxy) is 2. The molecule has 19 heavy (non-hydrogen) atoms. The lowest BCUT2D eigenvalue weighted by Gasteiger charge is -2.40. The summed E-state index contributed by atoms with van der Waals surface area (Å²) in [6.07, 6.45) is 8.69. The van der Waals surface area contributed by atoms with E-state index < -0.39 is 0 Å². The zero-order valence-corrected chi connectivity index (χ0v) is 13.2. The van der Waals surface area contributed by atoms with Crippen LogP contribution in [0, 0.1) is 5.92 Å². The van der Waals surface area contributed by atoms with Crippen molar-refractivity contribution >= 4 is 0 Å². The maximum absolute atomic E-state index is 6.20. The van der Waals surface area contributed by atoms with Crippen molar-refractivity contribution in [3.05, 3.63) is 0 Å². The molecule has 1 aliphatic carbocycles. The van der Waals surface area contributed by atoms with Gasteiger partial charge in [-0.05, 0) is 45.1 Å². The number of unbranched alkanes of at least 4 members (excludes halogenated alkanes) is 1. The Morgan fingerprint density at radius 3 is 2.42 bits per heavy atom. The molecule has 0 saturated heterocycles. The molecule has 0 bridgehead atoms. The minimum absolute atomic E-state index is 0.0640. The van der Waals surface area contributed by atoms with Crippen LogP contribution in [-0.2, 0) is 9.47 Å². The van der Waals surface area contributed by atoms with Gasteiger partial charge < -0.3 is 14.8 Å². The molecule has 1 fully saturated rings. The minimum Gasteiger partial charge on any atom is -0.379 e. The molecule has 0 heterocycles. The highest BCUT2D eigenvalue weighted by Crippen LogP contribution is 2.35. The summed E-state index contributed by atoms with van der Waals surface area (Å²) >= 11 is 0. The first-order chi connectivity index (χ1) is 9.26. The van der Waals surface area contributed by atoms with Gasteiger partial charge in [0.05, 0.1) is 18.8 Å². The molecule has 0 amide bonds. The number of rotatable bonds is 10. The van der Waals surface area contributed by atoms with Crippen LogP contribution in [0.1, 0.15) is 58.8 Å². The summed E-state index contributed by atoms with van der Waals surface area (Å²) < 4.78 is 11.8. The number of likely N-dealkylation sites (N-methyl/N-ethyl adjacent to an activating group) is 1. The van der Waals surface area contributed by atoms with Gasteiger partial charge in [-0.2, -0.15) is 0 Å². The third-order valence-corrected chi connectivity index (χ3v) is 4.37. The summed E-state index contributed by atoms with van der Waals surface area (Å²) in [5.41, 5.74) is 0.0640. The third-order valence-electron chi connectivity index (χ3n) is 4.37. The van der Waals surface area contributed by atoms with Crippen molar-refractivity contribution in [2.45, 2.75) is 64.4 Å². The van der Waals surface area contributed by atoms with E-state index >= 15 is 0 Å². The van der Waals surface area contributed by atoms with Crippen LogP contribution in [-0.4, -0.2) is 39.0 Å². The van der Waals surface area contributed by atoms with Gasteiger partial charge in [-0.1, -0.05) is 26.7 Å². The van der Waals surface area contributed by atoms with Gasteiger partial charge in [-0.3, -0.25) is 0 Å². The van der Waals surface area contributed by atoms with E-state index in [2.05, 4.69) is 19.2 Å². The van der Waals surface area contributed by atoms with Crippen LogP contribution in [0.15, 0.2) is 0 Å². The van der Waals surface area contributed by atoms with Gasteiger partial charge in [-0.15, -0.1) is 0 Å². The molecular formula is C16H33NO2. The second-order valence-electron chi connectivity index (χ2n) is 5.88. The number of hydrogen-bond acceptors (Lipinski definition) is 3. The Morgan fingerprint density at radius 2 is 1.84 bits per heavy atom. The SMILES string of the molecule is CCCCOCCOC1(CNC)CCC(CC)CC1. The van der Waals surface area contributed by atoms with Crippen LogP contribution in [0.25, 0.3) is 0 Å². The molecule has 0 spiro atoms. The van der Waals surface area contributed by atoms with Crippen molar-refractivity contribution in [3.8, 4) is 0 Å². The summed E-state index contributed by atoms with van der Waals surface area (Å²) in [4.78, 5) is 0. The normalized spacial score (nSPS) is 27.6. The van der Waals surface area contributed by atoms with Crippen LogP contribution in [0.3, 0.4) is 0 Å². The van der Waals surface area contributed by atoms with E-state index in [1.165, 1.54) is 38.5 Å². The molecule has 0 aromatic heterocycles. The van der Waals surface area contributed by atoms with Gasteiger partial charge in [0.25, 0.3) is 0 Å². The average molecular weight is 271 g/mol. The molecule has 0 unspecified atom stereocenters. The van der Waals surface area contributed by atoms with E-state index in [0.29, 0.717) is 0 Å². The molecule has 1 aliphatic rings. The lowest BCUT2D eigenvalue weighted by atomic mass is 9.77. The zero-order chi connectivity index (χ0) is 14.0. The average Bonchev–Trinajstić information content (AvgIpc) is 2.44. The Kier molecular flexibility index (Phi) is 8.67. The van der Waals surface area contributed by atoms with E-state index in [1.807, 2.05) is 7.05 Å². The Hall–Kier alpha value is -0.120. The van der Waals surface area contributed by atoms with E-state index in [9.17, 15) is 0 Å². The van der Waals surface area contributed by atoms with Crippen LogP contribution in [0.2, 0.25) is 0 Å². The highest BCUT2D eigenvalue weighted by Gasteiger charge is 2.35. The predicted molar refractivity (Wildman–Crippen MR) is 80.6 cm³/mol. The molecule has 1 saturated carbocycles. The first-order valence-electron chi connectivity index (χ1n) is 8.12. The molecule has 0 radical (unpaired) electrons. The summed E-state index contributed by atoms with van der Waals surface area (Å²) in [5.74, 6) is 0.911. The molecule has 0 aromatic carbocycles. The minimum atomic E-state index is 0.0640. The van der Waals surface area contributed by atoms with Crippen LogP contribution in [0.4, 0.5) is 0 Å². The van der Waals surface area contributed by atoms with Crippen molar-refractivity contribution in [1.29, 1.82) is 0 Å². The Bertz CT molecular complexity index is 213. The molecule has 0 atom stereocenters. The van der Waals surface area contributed by atoms with Crippen molar-refractivity contribution < 1.29 is 9.47 Å². The smallest absolute Gasteiger partial charge is 0.0807 e. The molecule has 0 aliphatic heterocycles. The second kappa shape index (κ2) is 9.73. The first kappa shape index (κ1) is 16.9. The maximum Gasteiger partial charge on any atom is 0.0807 e. The van der Waals surface area contributed by atoms with Crippen LogP contribution < -0.4 is 5.32 Å². The fraction of sp³-hybridized carbons (Fsp3) is 1.00.